The molecule has 0 bridgehead atoms. The molecule has 0 unspecified atom stereocenters. The Morgan fingerprint density at radius 1 is 1.02 bits per heavy atom. The van der Waals surface area contributed by atoms with E-state index in [1.54, 1.807) is 11.7 Å². The van der Waals surface area contributed by atoms with Crippen molar-refractivity contribution in [3.05, 3.63) is 96.8 Å². The van der Waals surface area contributed by atoms with Gasteiger partial charge in [-0.1, -0.05) is 52.0 Å². The number of anilines is 2. The molecule has 0 saturated carbocycles. The van der Waals surface area contributed by atoms with Gasteiger partial charge in [-0.2, -0.15) is 0 Å². The van der Waals surface area contributed by atoms with Crippen LogP contribution in [0.5, 0.6) is 5.75 Å². The molecule has 4 aromatic rings. The van der Waals surface area contributed by atoms with Crippen LogP contribution < -0.4 is 34.8 Å². The summed E-state index contributed by atoms with van der Waals surface area (Å²) in [6.07, 6.45) is 0. The lowest BCUT2D eigenvalue weighted by atomic mass is 10.2. The Hall–Kier alpha value is -3.80. The predicted molar refractivity (Wildman–Crippen MR) is 166 cm³/mol. The number of carbonyl (C=O) groups is 1. The molecule has 0 radical (unpaired) electrons. The van der Waals surface area contributed by atoms with E-state index in [0.29, 0.717) is 38.5 Å². The van der Waals surface area contributed by atoms with Crippen molar-refractivity contribution >= 4 is 78.4 Å². The SMILES string of the molecule is CCn1c(=O)/c(=C2/Sc3ccc(OC)cc3N2C)s/c1=C1/C(=O)N(c2ccccc2)NC1=Nc1cccc(Br)c1. The molecule has 8 nitrogen and oxygen atoms in total. The van der Waals surface area contributed by atoms with Crippen LogP contribution in [0.15, 0.2) is 92.0 Å². The molecule has 11 heteroatoms. The van der Waals surface area contributed by atoms with Gasteiger partial charge in [0.1, 0.15) is 25.5 Å². The van der Waals surface area contributed by atoms with Gasteiger partial charge < -0.3 is 9.64 Å². The first-order chi connectivity index (χ1) is 19.4. The van der Waals surface area contributed by atoms with Crippen molar-refractivity contribution in [3.8, 4) is 5.75 Å². The zero-order chi connectivity index (χ0) is 28.0. The second kappa shape index (κ2) is 10.6. The van der Waals surface area contributed by atoms with Crippen LogP contribution in [0.3, 0.4) is 0 Å². The summed E-state index contributed by atoms with van der Waals surface area (Å²) < 4.78 is 9.07. The number of amidine groups is 1. The molecule has 202 valence electrons. The Morgan fingerprint density at radius 3 is 2.55 bits per heavy atom. The number of methoxy groups -OCH3 is 1. The molecule has 0 atom stereocenters. The summed E-state index contributed by atoms with van der Waals surface area (Å²) in [5.41, 5.74) is 5.72. The maximum Gasteiger partial charge on any atom is 0.283 e. The molecule has 2 aliphatic heterocycles. The number of carbonyl (C=O) groups excluding carboxylic acids is 1. The van der Waals surface area contributed by atoms with E-state index < -0.39 is 0 Å². The molecule has 1 aromatic heterocycles. The number of thiazole rings is 1. The van der Waals surface area contributed by atoms with Crippen molar-refractivity contribution in [3.63, 3.8) is 0 Å². The molecule has 1 fully saturated rings. The van der Waals surface area contributed by atoms with E-state index in [-0.39, 0.29) is 11.5 Å². The minimum Gasteiger partial charge on any atom is -0.497 e. The molecule has 3 heterocycles. The normalized spacial score (nSPS) is 18.4. The number of halogens is 1. The van der Waals surface area contributed by atoms with Crippen LogP contribution in [0, 0.1) is 0 Å². The van der Waals surface area contributed by atoms with E-state index in [4.69, 9.17) is 9.73 Å². The zero-order valence-corrected chi connectivity index (χ0v) is 25.1. The number of fused-ring (bicyclic) bond motifs is 1. The van der Waals surface area contributed by atoms with Crippen molar-refractivity contribution in [1.29, 1.82) is 0 Å². The van der Waals surface area contributed by atoms with E-state index in [9.17, 15) is 9.59 Å². The lowest BCUT2D eigenvalue weighted by Gasteiger charge is -2.14. The number of thioether (sulfide) groups is 1. The molecule has 3 aromatic carbocycles. The number of benzene rings is 3. The van der Waals surface area contributed by atoms with Crippen LogP contribution in [0.4, 0.5) is 17.1 Å². The van der Waals surface area contributed by atoms with Crippen molar-refractivity contribution in [2.24, 2.45) is 4.99 Å². The van der Waals surface area contributed by atoms with E-state index in [1.165, 1.54) is 28.1 Å². The fourth-order valence-electron chi connectivity index (χ4n) is 4.60. The lowest BCUT2D eigenvalue weighted by molar-refractivity contribution is -0.113. The average molecular weight is 635 g/mol. The molecular weight excluding hydrogens is 610 g/mol. The van der Waals surface area contributed by atoms with Gasteiger partial charge >= 0.3 is 0 Å². The fraction of sp³-hybridized carbons (Fsp3) is 0.138. The number of hydrogen-bond acceptors (Lipinski definition) is 7. The monoisotopic (exact) mass is 633 g/mol. The molecular formula is C29H24BrN5O3S2. The van der Waals surface area contributed by atoms with Gasteiger partial charge in [0.2, 0.25) is 0 Å². The quantitative estimate of drug-likeness (QED) is 0.358. The summed E-state index contributed by atoms with van der Waals surface area (Å²) in [5.74, 6) is 0.852. The molecule has 2 aliphatic rings. The Kier molecular flexibility index (Phi) is 7.03. The molecule has 0 spiro atoms. The highest BCUT2D eigenvalue weighted by Crippen LogP contribution is 2.46. The Balaban J connectivity index is 1.60. The number of hydrogen-bond donors (Lipinski definition) is 1. The Bertz CT molecular complexity index is 1870. The number of para-hydroxylation sites is 1. The summed E-state index contributed by atoms with van der Waals surface area (Å²) in [4.78, 5) is 35.7. The first-order valence-corrected chi connectivity index (χ1v) is 14.9. The third kappa shape index (κ3) is 4.53. The minimum absolute atomic E-state index is 0.142. The first kappa shape index (κ1) is 26.4. The summed E-state index contributed by atoms with van der Waals surface area (Å²) in [6, 6.07) is 22.7. The van der Waals surface area contributed by atoms with Gasteiger partial charge in [0.15, 0.2) is 5.84 Å². The number of nitrogens with zero attached hydrogens (tertiary/aromatic N) is 4. The van der Waals surface area contributed by atoms with Crippen LogP contribution >= 0.6 is 39.0 Å². The van der Waals surface area contributed by atoms with Crippen LogP contribution in [0.2, 0.25) is 0 Å². The smallest absolute Gasteiger partial charge is 0.283 e. The van der Waals surface area contributed by atoms with Crippen LogP contribution in [0.1, 0.15) is 6.92 Å². The van der Waals surface area contributed by atoms with E-state index in [1.807, 2.05) is 91.7 Å². The summed E-state index contributed by atoms with van der Waals surface area (Å²) in [6.45, 7) is 2.31. The van der Waals surface area contributed by atoms with Gasteiger partial charge in [0.05, 0.1) is 24.2 Å². The molecule has 1 saturated heterocycles. The molecule has 1 N–H and O–H groups in total. The maximum absolute atomic E-state index is 14.0. The summed E-state index contributed by atoms with van der Waals surface area (Å²) in [5, 5.41) is 2.29. The third-order valence-corrected chi connectivity index (χ3v) is 9.63. The molecule has 1 amide bonds. The topological polar surface area (TPSA) is 79.2 Å². The van der Waals surface area contributed by atoms with E-state index in [0.717, 1.165) is 25.8 Å². The van der Waals surface area contributed by atoms with Gasteiger partial charge in [-0.05, 0) is 49.4 Å². The van der Waals surface area contributed by atoms with Crippen LogP contribution in [0.25, 0.3) is 10.6 Å². The Morgan fingerprint density at radius 2 is 1.82 bits per heavy atom. The van der Waals surface area contributed by atoms with Gasteiger partial charge in [-0.25, -0.2) is 10.0 Å². The predicted octanol–water partition coefficient (Wildman–Crippen LogP) is 4.44. The molecule has 0 aliphatic carbocycles. The van der Waals surface area contributed by atoms with Gasteiger partial charge in [0.25, 0.3) is 11.5 Å². The van der Waals surface area contributed by atoms with Crippen molar-refractivity contribution in [2.45, 2.75) is 18.4 Å². The zero-order valence-electron chi connectivity index (χ0n) is 21.8. The fourth-order valence-corrected chi connectivity index (χ4v) is 7.53. The standard InChI is InChI=1S/C29H24BrN5O3S2/c1-4-34-27(37)24(29-33(2)21-16-20(38-3)13-14-22(21)39-29)40-28(34)23-25(31-18-10-8-9-17(30)15-18)32-35(26(23)36)19-11-6-5-7-12-19/h5-16H,4H2,1-3H3,(H,31,32)/b28-23+,29-24-. The van der Waals surface area contributed by atoms with Gasteiger partial charge in [-0.3, -0.25) is 19.6 Å². The third-order valence-electron chi connectivity index (χ3n) is 6.58. The average Bonchev–Trinajstić information content (AvgIpc) is 3.58. The number of amides is 1. The summed E-state index contributed by atoms with van der Waals surface area (Å²) >= 11 is 6.35. The summed E-state index contributed by atoms with van der Waals surface area (Å²) in [7, 11) is 3.57. The van der Waals surface area contributed by atoms with Gasteiger partial charge in [0, 0.05) is 29.0 Å². The number of hydrazine groups is 1. The second-order valence-electron chi connectivity index (χ2n) is 8.99. The maximum atomic E-state index is 14.0. The first-order valence-electron chi connectivity index (χ1n) is 12.5. The highest BCUT2D eigenvalue weighted by Gasteiger charge is 2.36. The second-order valence-corrected chi connectivity index (χ2v) is 11.9. The number of ether oxygens (including phenoxy) is 1. The van der Waals surface area contributed by atoms with Crippen LogP contribution in [-0.4, -0.2) is 30.5 Å². The largest absolute Gasteiger partial charge is 0.497 e. The van der Waals surface area contributed by atoms with Crippen LogP contribution in [-0.2, 0) is 11.3 Å². The van der Waals surface area contributed by atoms with Crippen molar-refractivity contribution in [1.82, 2.24) is 9.99 Å². The number of nitrogens with one attached hydrogen (secondary N) is 1. The number of rotatable bonds is 4. The molecule has 6 rings (SSSR count). The Labute approximate surface area is 247 Å². The van der Waals surface area contributed by atoms with Crippen molar-refractivity contribution < 1.29 is 9.53 Å². The lowest BCUT2D eigenvalue weighted by Crippen LogP contribution is -2.35. The highest BCUT2D eigenvalue weighted by atomic mass is 79.9. The number of aliphatic imine (C=N–C) groups is 1. The van der Waals surface area contributed by atoms with E-state index in [2.05, 4.69) is 21.4 Å². The molecule has 40 heavy (non-hydrogen) atoms. The minimum atomic E-state index is -0.277. The highest BCUT2D eigenvalue weighted by molar-refractivity contribution is 9.10. The number of aromatic nitrogens is 1. The van der Waals surface area contributed by atoms with Gasteiger partial charge in [-0.15, -0.1) is 11.3 Å². The van der Waals surface area contributed by atoms with Crippen molar-refractivity contribution in [2.75, 3.05) is 24.1 Å². The van der Waals surface area contributed by atoms with E-state index >= 15 is 0 Å².